The Labute approximate surface area is 60.3 Å². The number of nitrogens with zero attached hydrogens (tertiary/aromatic N) is 1. The van der Waals surface area contributed by atoms with Crippen LogP contribution in [0.3, 0.4) is 0 Å². The quantitative estimate of drug-likeness (QED) is 0.567. The molecule has 0 aliphatic heterocycles. The van der Waals surface area contributed by atoms with Gasteiger partial charge in [0, 0.05) is 0 Å². The van der Waals surface area contributed by atoms with Crippen LogP contribution in [-0.2, 0) is 6.42 Å². The first-order valence-corrected chi connectivity index (χ1v) is 3.21. The molecule has 0 atom stereocenters. The summed E-state index contributed by atoms with van der Waals surface area (Å²) in [5.74, 6) is 0.941. The van der Waals surface area contributed by atoms with Crippen LogP contribution in [-0.4, -0.2) is 6.54 Å². The van der Waals surface area contributed by atoms with Crippen molar-refractivity contribution in [2.24, 2.45) is 0 Å². The van der Waals surface area contributed by atoms with Gasteiger partial charge in [0.1, 0.15) is 5.76 Å². The van der Waals surface area contributed by atoms with Crippen LogP contribution in [0.25, 0.3) is 4.85 Å². The molecule has 1 aromatic heterocycles. The van der Waals surface area contributed by atoms with Gasteiger partial charge in [-0.3, -0.25) is 0 Å². The van der Waals surface area contributed by atoms with Gasteiger partial charge in [-0.2, -0.15) is 0 Å². The van der Waals surface area contributed by atoms with E-state index in [-0.39, 0.29) is 0 Å². The van der Waals surface area contributed by atoms with Crippen LogP contribution < -0.4 is 0 Å². The monoisotopic (exact) mass is 135 g/mol. The average molecular weight is 135 g/mol. The highest BCUT2D eigenvalue weighted by Crippen LogP contribution is 2.08. The Morgan fingerprint density at radius 1 is 1.70 bits per heavy atom. The van der Waals surface area contributed by atoms with Crippen LogP contribution >= 0.6 is 0 Å². The number of furan rings is 1. The molecule has 0 spiro atoms. The lowest BCUT2D eigenvalue weighted by Gasteiger charge is -1.88. The fourth-order valence-electron chi connectivity index (χ4n) is 0.818. The van der Waals surface area contributed by atoms with Crippen LogP contribution in [0.15, 0.2) is 16.7 Å². The maximum absolute atomic E-state index is 6.56. The Hall–Kier alpha value is -1.23. The Kier molecular flexibility index (Phi) is 2.11. The first kappa shape index (κ1) is 6.88. The van der Waals surface area contributed by atoms with Gasteiger partial charge >= 0.3 is 0 Å². The molecule has 2 heteroatoms. The molecule has 0 N–H and O–H groups in total. The van der Waals surface area contributed by atoms with Gasteiger partial charge in [-0.1, -0.05) is 0 Å². The summed E-state index contributed by atoms with van der Waals surface area (Å²) < 4.78 is 5.12. The van der Waals surface area contributed by atoms with E-state index in [1.807, 2.05) is 13.0 Å². The van der Waals surface area contributed by atoms with E-state index in [1.54, 1.807) is 6.26 Å². The third-order valence-electron chi connectivity index (χ3n) is 1.42. The molecule has 0 aliphatic rings. The minimum absolute atomic E-state index is 0.522. The Bertz CT molecular complexity index is 244. The van der Waals surface area contributed by atoms with Gasteiger partial charge in [0.05, 0.1) is 12.7 Å². The molecule has 0 fully saturated rings. The molecular formula is C8H9NO. The maximum Gasteiger partial charge on any atom is 0.221 e. The lowest BCUT2D eigenvalue weighted by Crippen LogP contribution is -1.86. The zero-order valence-electron chi connectivity index (χ0n) is 5.92. The van der Waals surface area contributed by atoms with E-state index < -0.39 is 0 Å². The number of rotatable bonds is 2. The Morgan fingerprint density at radius 2 is 2.50 bits per heavy atom. The molecule has 10 heavy (non-hydrogen) atoms. The number of aryl methyl sites for hydroxylation is 1. The highest BCUT2D eigenvalue weighted by Gasteiger charge is 2.01. The molecule has 0 amide bonds. The van der Waals surface area contributed by atoms with Crippen molar-refractivity contribution in [1.29, 1.82) is 0 Å². The van der Waals surface area contributed by atoms with Crippen molar-refractivity contribution in [3.8, 4) is 0 Å². The minimum atomic E-state index is 0.522. The molecule has 0 unspecified atom stereocenters. The fourth-order valence-corrected chi connectivity index (χ4v) is 0.818. The van der Waals surface area contributed by atoms with Gasteiger partial charge in [-0.05, 0) is 18.6 Å². The van der Waals surface area contributed by atoms with Gasteiger partial charge in [-0.25, -0.2) is 6.57 Å². The zero-order chi connectivity index (χ0) is 7.40. The second kappa shape index (κ2) is 3.07. The highest BCUT2D eigenvalue weighted by atomic mass is 16.3. The van der Waals surface area contributed by atoms with Crippen molar-refractivity contribution in [3.05, 3.63) is 35.1 Å². The predicted octanol–water partition coefficient (Wildman–Crippen LogP) is 2.05. The van der Waals surface area contributed by atoms with E-state index in [0.717, 1.165) is 17.7 Å². The molecule has 1 rings (SSSR count). The van der Waals surface area contributed by atoms with Crippen LogP contribution in [0, 0.1) is 13.5 Å². The Balaban J connectivity index is 2.59. The molecule has 0 radical (unpaired) electrons. The van der Waals surface area contributed by atoms with Crippen LogP contribution in [0.1, 0.15) is 11.3 Å². The van der Waals surface area contributed by atoms with Crippen LogP contribution in [0.2, 0.25) is 0 Å². The minimum Gasteiger partial charge on any atom is -0.469 e. The van der Waals surface area contributed by atoms with Crippen molar-refractivity contribution in [2.45, 2.75) is 13.3 Å². The van der Waals surface area contributed by atoms with Gasteiger partial charge in [0.25, 0.3) is 0 Å². The highest BCUT2D eigenvalue weighted by molar-refractivity contribution is 5.14. The summed E-state index contributed by atoms with van der Waals surface area (Å²) in [7, 11) is 0. The van der Waals surface area contributed by atoms with Gasteiger partial charge in [-0.15, -0.1) is 0 Å². The van der Waals surface area contributed by atoms with Crippen molar-refractivity contribution in [3.63, 3.8) is 0 Å². The Morgan fingerprint density at radius 3 is 3.00 bits per heavy atom. The van der Waals surface area contributed by atoms with Crippen molar-refractivity contribution < 1.29 is 4.42 Å². The maximum atomic E-state index is 6.56. The van der Waals surface area contributed by atoms with E-state index in [0.29, 0.717) is 6.54 Å². The zero-order valence-corrected chi connectivity index (χ0v) is 5.92. The first-order valence-electron chi connectivity index (χ1n) is 3.21. The van der Waals surface area contributed by atoms with E-state index in [4.69, 9.17) is 11.0 Å². The third-order valence-corrected chi connectivity index (χ3v) is 1.42. The lowest BCUT2D eigenvalue weighted by atomic mass is 10.2. The number of hydrogen-bond donors (Lipinski definition) is 0. The SMILES string of the molecule is [C-]#[N+]CCc1occc1C. The smallest absolute Gasteiger partial charge is 0.221 e. The third kappa shape index (κ3) is 1.38. The van der Waals surface area contributed by atoms with Gasteiger partial charge < -0.3 is 9.26 Å². The molecule has 0 aromatic carbocycles. The standard InChI is InChI=1S/C8H9NO/c1-7-4-6-10-8(7)3-5-9-2/h4,6H,3,5H2,1H3. The molecule has 0 aliphatic carbocycles. The molecule has 2 nitrogen and oxygen atoms in total. The summed E-state index contributed by atoms with van der Waals surface area (Å²) in [4.78, 5) is 3.24. The fraction of sp³-hybridized carbons (Fsp3) is 0.375. The summed E-state index contributed by atoms with van der Waals surface area (Å²) in [5, 5.41) is 0. The summed E-state index contributed by atoms with van der Waals surface area (Å²) in [5.41, 5.74) is 1.14. The normalized spacial score (nSPS) is 9.20. The molecule has 1 aromatic rings. The summed E-state index contributed by atoms with van der Waals surface area (Å²) in [6, 6.07) is 1.92. The molecule has 1 heterocycles. The van der Waals surface area contributed by atoms with Crippen LogP contribution in [0.5, 0.6) is 0 Å². The van der Waals surface area contributed by atoms with E-state index in [1.165, 1.54) is 0 Å². The summed E-state index contributed by atoms with van der Waals surface area (Å²) in [6.07, 6.45) is 2.40. The molecule has 0 bridgehead atoms. The van der Waals surface area contributed by atoms with Crippen molar-refractivity contribution >= 4 is 0 Å². The largest absolute Gasteiger partial charge is 0.469 e. The van der Waals surface area contributed by atoms with Crippen molar-refractivity contribution in [1.82, 2.24) is 0 Å². The molecular weight excluding hydrogens is 126 g/mol. The van der Waals surface area contributed by atoms with E-state index in [9.17, 15) is 0 Å². The molecule has 0 saturated carbocycles. The lowest BCUT2D eigenvalue weighted by molar-refractivity contribution is 0.511. The predicted molar refractivity (Wildman–Crippen MR) is 38.6 cm³/mol. The summed E-state index contributed by atoms with van der Waals surface area (Å²) >= 11 is 0. The average Bonchev–Trinajstić information content (AvgIpc) is 2.31. The number of hydrogen-bond acceptors (Lipinski definition) is 1. The molecule has 52 valence electrons. The van der Waals surface area contributed by atoms with Crippen LogP contribution in [0.4, 0.5) is 0 Å². The second-order valence-corrected chi connectivity index (χ2v) is 2.16. The van der Waals surface area contributed by atoms with Gasteiger partial charge in [0.15, 0.2) is 0 Å². The van der Waals surface area contributed by atoms with Crippen molar-refractivity contribution in [2.75, 3.05) is 6.54 Å². The topological polar surface area (TPSA) is 17.5 Å². The van der Waals surface area contributed by atoms with E-state index in [2.05, 4.69) is 4.85 Å². The second-order valence-electron chi connectivity index (χ2n) is 2.16. The van der Waals surface area contributed by atoms with Gasteiger partial charge in [0.2, 0.25) is 6.54 Å². The first-order chi connectivity index (χ1) is 4.84. The molecule has 0 saturated heterocycles. The van der Waals surface area contributed by atoms with E-state index >= 15 is 0 Å². The summed E-state index contributed by atoms with van der Waals surface area (Å²) in [6.45, 7) is 9.07.